The molecule has 142 valence electrons. The summed E-state index contributed by atoms with van der Waals surface area (Å²) in [5.74, 6) is 0. The van der Waals surface area contributed by atoms with Crippen LogP contribution in [0.3, 0.4) is 0 Å². The molecule has 27 heavy (non-hydrogen) atoms. The van der Waals surface area contributed by atoms with Gasteiger partial charge in [-0.2, -0.15) is 0 Å². The van der Waals surface area contributed by atoms with Crippen LogP contribution >= 0.6 is 36.7 Å². The molecule has 0 aromatic heterocycles. The zero-order valence-corrected chi connectivity index (χ0v) is 19.8. The van der Waals surface area contributed by atoms with Crippen molar-refractivity contribution in [2.45, 2.75) is 31.0 Å². The molecule has 3 heteroatoms. The molecule has 0 aliphatic heterocycles. The summed E-state index contributed by atoms with van der Waals surface area (Å²) in [6.45, 7) is 2.24. The molecule has 1 unspecified atom stereocenters. The van der Waals surface area contributed by atoms with Gasteiger partial charge in [0.1, 0.15) is 0 Å². The van der Waals surface area contributed by atoms with Crippen molar-refractivity contribution >= 4 is 52.6 Å². The van der Waals surface area contributed by atoms with Gasteiger partial charge in [0.15, 0.2) is 0 Å². The van der Waals surface area contributed by atoms with Gasteiger partial charge in [-0.3, -0.25) is 0 Å². The molecule has 0 amide bonds. The Morgan fingerprint density at radius 3 is 1.37 bits per heavy atom. The molecule has 3 aromatic carbocycles. The third-order valence-electron chi connectivity index (χ3n) is 5.31. The van der Waals surface area contributed by atoms with Crippen molar-refractivity contribution in [3.05, 3.63) is 91.0 Å². The van der Waals surface area contributed by atoms with E-state index in [0.717, 1.165) is 6.16 Å². The number of rotatable bonds is 8. The first-order valence-electron chi connectivity index (χ1n) is 9.59. The Balaban J connectivity index is 2.19. The molecular formula is C24H27Br2P. The molecule has 3 aromatic rings. The van der Waals surface area contributed by atoms with Crippen LogP contribution in [0.2, 0.25) is 0 Å². The molecule has 0 bridgehead atoms. The summed E-state index contributed by atoms with van der Waals surface area (Å²) in [6, 6.07) is 33.2. The van der Waals surface area contributed by atoms with Gasteiger partial charge in [0.05, 0.1) is 0 Å². The molecule has 0 spiro atoms. The van der Waals surface area contributed by atoms with Crippen LogP contribution in [-0.4, -0.2) is 11.0 Å². The fourth-order valence-corrected chi connectivity index (χ4v) is 12.0. The summed E-state index contributed by atoms with van der Waals surface area (Å²) < 4.78 is 0. The molecular weight excluding hydrogens is 479 g/mol. The van der Waals surface area contributed by atoms with Gasteiger partial charge in [-0.15, -0.1) is 0 Å². The van der Waals surface area contributed by atoms with E-state index >= 15 is 0 Å². The van der Waals surface area contributed by atoms with E-state index < -0.39 is 5.31 Å². The first kappa shape index (κ1) is 20.8. The van der Waals surface area contributed by atoms with E-state index in [-0.39, 0.29) is 0 Å². The summed E-state index contributed by atoms with van der Waals surface area (Å²) in [7, 11) is 0. The van der Waals surface area contributed by atoms with Crippen LogP contribution in [0.4, 0.5) is 0 Å². The monoisotopic (exact) mass is 504 g/mol. The van der Waals surface area contributed by atoms with Gasteiger partial charge < -0.3 is 0 Å². The zero-order valence-electron chi connectivity index (χ0n) is 15.8. The Hall–Kier alpha value is -0.950. The van der Waals surface area contributed by atoms with Crippen LogP contribution in [0.25, 0.3) is 0 Å². The normalized spacial score (nSPS) is 14.3. The summed E-state index contributed by atoms with van der Waals surface area (Å²) in [6.07, 6.45) is 4.75. The number of unbranched alkanes of at least 4 members (excludes halogenated alkanes) is 1. The van der Waals surface area contributed by atoms with Crippen molar-refractivity contribution in [2.75, 3.05) is 6.16 Å². The predicted octanol–water partition coefficient (Wildman–Crippen LogP) is 6.78. The SMILES string of the molecule is CC(Br)CCCCP(Br)(c1ccccc1)(c1ccccc1)c1ccccc1. The van der Waals surface area contributed by atoms with Crippen molar-refractivity contribution in [1.29, 1.82) is 0 Å². The van der Waals surface area contributed by atoms with Crippen LogP contribution in [0.1, 0.15) is 26.2 Å². The van der Waals surface area contributed by atoms with Crippen LogP contribution in [-0.2, 0) is 0 Å². The molecule has 0 nitrogen and oxygen atoms in total. The van der Waals surface area contributed by atoms with Gasteiger partial charge in [-0.25, -0.2) is 0 Å². The topological polar surface area (TPSA) is 0 Å². The minimum absolute atomic E-state index is 0.573. The summed E-state index contributed by atoms with van der Waals surface area (Å²) in [5.41, 5.74) is 0. The maximum absolute atomic E-state index is 4.50. The van der Waals surface area contributed by atoms with E-state index in [1.54, 1.807) is 0 Å². The van der Waals surface area contributed by atoms with Gasteiger partial charge in [-0.05, 0) is 0 Å². The molecule has 3 rings (SSSR count). The van der Waals surface area contributed by atoms with E-state index in [4.69, 9.17) is 0 Å². The summed E-state index contributed by atoms with van der Waals surface area (Å²) >= 11 is 8.21. The Labute approximate surface area is 180 Å². The average molecular weight is 506 g/mol. The fourth-order valence-electron chi connectivity index (χ4n) is 3.89. The van der Waals surface area contributed by atoms with Crippen LogP contribution in [0.15, 0.2) is 91.0 Å². The minimum atomic E-state index is -2.71. The zero-order chi connectivity index (χ0) is 19.2. The first-order chi connectivity index (χ1) is 13.1. The quantitative estimate of drug-likeness (QED) is 0.180. The Bertz CT molecular complexity index is 733. The van der Waals surface area contributed by atoms with Crippen molar-refractivity contribution < 1.29 is 0 Å². The van der Waals surface area contributed by atoms with E-state index in [1.165, 1.54) is 35.2 Å². The van der Waals surface area contributed by atoms with Gasteiger partial charge >= 0.3 is 181 Å². The predicted molar refractivity (Wildman–Crippen MR) is 131 cm³/mol. The second-order valence-electron chi connectivity index (χ2n) is 7.19. The molecule has 0 N–H and O–H groups in total. The van der Waals surface area contributed by atoms with Gasteiger partial charge in [0.25, 0.3) is 0 Å². The van der Waals surface area contributed by atoms with E-state index in [1.807, 2.05) is 0 Å². The fraction of sp³-hybridized carbons (Fsp3) is 0.250. The maximum atomic E-state index is 4.50. The van der Waals surface area contributed by atoms with E-state index in [9.17, 15) is 0 Å². The van der Waals surface area contributed by atoms with Crippen molar-refractivity contribution in [3.8, 4) is 0 Å². The Kier molecular flexibility index (Phi) is 6.95. The van der Waals surface area contributed by atoms with E-state index in [2.05, 4.69) is 129 Å². The van der Waals surface area contributed by atoms with Crippen LogP contribution < -0.4 is 15.9 Å². The standard InChI is InChI=1S/C24H27Br2P/c1-21(25)13-11-12-20-27(26,22-14-5-2-6-15-22,23-16-7-3-8-17-23)24-18-9-4-10-19-24/h2-10,14-19,21H,11-13,20H2,1H3. The molecule has 0 aliphatic rings. The second-order valence-corrected chi connectivity index (χ2v) is 17.8. The Morgan fingerprint density at radius 2 is 1.04 bits per heavy atom. The Morgan fingerprint density at radius 1 is 0.667 bits per heavy atom. The van der Waals surface area contributed by atoms with Gasteiger partial charge in [0, 0.05) is 0 Å². The average Bonchev–Trinajstić information content (AvgIpc) is 2.73. The number of halogens is 2. The molecule has 0 aliphatic carbocycles. The molecule has 0 fully saturated rings. The second kappa shape index (κ2) is 9.03. The van der Waals surface area contributed by atoms with Crippen molar-refractivity contribution in [1.82, 2.24) is 0 Å². The number of hydrogen-bond acceptors (Lipinski definition) is 0. The van der Waals surface area contributed by atoms with Gasteiger partial charge in [0.2, 0.25) is 0 Å². The first-order valence-corrected chi connectivity index (χ1v) is 14.9. The van der Waals surface area contributed by atoms with Crippen molar-refractivity contribution in [3.63, 3.8) is 0 Å². The number of benzene rings is 3. The van der Waals surface area contributed by atoms with Crippen molar-refractivity contribution in [2.24, 2.45) is 0 Å². The summed E-state index contributed by atoms with van der Waals surface area (Å²) in [5, 5.41) is 1.52. The van der Waals surface area contributed by atoms with Gasteiger partial charge in [-0.1, -0.05) is 0 Å². The number of hydrogen-bond donors (Lipinski definition) is 0. The van der Waals surface area contributed by atoms with E-state index in [0.29, 0.717) is 4.83 Å². The molecule has 0 saturated heterocycles. The van der Waals surface area contributed by atoms with Crippen LogP contribution in [0.5, 0.6) is 0 Å². The third-order valence-corrected chi connectivity index (χ3v) is 15.8. The number of alkyl halides is 1. The molecule has 0 heterocycles. The molecule has 0 saturated carbocycles. The molecule has 1 atom stereocenters. The summed E-state index contributed by atoms with van der Waals surface area (Å²) in [4.78, 5) is 0.573. The van der Waals surface area contributed by atoms with Crippen LogP contribution in [0, 0.1) is 0 Å². The molecule has 0 radical (unpaired) electrons. The third kappa shape index (κ3) is 4.24.